The second-order valence-electron chi connectivity index (χ2n) is 6.02. The predicted molar refractivity (Wildman–Crippen MR) is 102 cm³/mol. The number of urea groups is 1. The highest BCUT2D eigenvalue weighted by Gasteiger charge is 2.29. The van der Waals surface area contributed by atoms with E-state index in [1.54, 1.807) is 13.8 Å². The van der Waals surface area contributed by atoms with Gasteiger partial charge in [0.15, 0.2) is 0 Å². The van der Waals surface area contributed by atoms with Crippen LogP contribution in [0.2, 0.25) is 0 Å². The highest BCUT2D eigenvalue weighted by Crippen LogP contribution is 2.26. The second-order valence-corrected chi connectivity index (χ2v) is 7.01. The van der Waals surface area contributed by atoms with Gasteiger partial charge in [0.05, 0.1) is 28.8 Å². The summed E-state index contributed by atoms with van der Waals surface area (Å²) in [5.74, 6) is 0.0159. The van der Waals surface area contributed by atoms with E-state index in [2.05, 4.69) is 15.6 Å². The van der Waals surface area contributed by atoms with Crippen LogP contribution in [0.5, 0.6) is 0 Å². The largest absolute Gasteiger partial charge is 0.463 e. The average molecular weight is 371 g/mol. The van der Waals surface area contributed by atoms with Crippen LogP contribution < -0.4 is 10.6 Å². The number of hydrogen-bond donors (Lipinski definition) is 2. The van der Waals surface area contributed by atoms with Crippen LogP contribution in [0.1, 0.15) is 19.4 Å². The van der Waals surface area contributed by atoms with E-state index in [1.165, 1.54) is 11.8 Å². The Morgan fingerprint density at radius 1 is 1.35 bits per heavy atom. The molecule has 2 heterocycles. The van der Waals surface area contributed by atoms with Crippen LogP contribution in [-0.2, 0) is 9.53 Å². The molecule has 2 aromatic rings. The summed E-state index contributed by atoms with van der Waals surface area (Å²) >= 11 is 1.48. The molecule has 0 bridgehead atoms. The molecule has 7 heteroatoms. The molecule has 1 aliphatic rings. The number of thioether (sulfide) groups is 1. The third-order valence-electron chi connectivity index (χ3n) is 4.13. The first-order chi connectivity index (χ1) is 12.5. The van der Waals surface area contributed by atoms with Crippen LogP contribution in [0.3, 0.4) is 0 Å². The number of esters is 1. The maximum Gasteiger partial charge on any atom is 0.337 e. The SMILES string of the molecule is CCOC(=O)C1=C(CSc2cc(C)c3ccccc3n2)NC(=O)NC1C. The molecule has 0 saturated carbocycles. The van der Waals surface area contributed by atoms with Crippen LogP contribution in [0.25, 0.3) is 10.9 Å². The summed E-state index contributed by atoms with van der Waals surface area (Å²) in [6.45, 7) is 5.86. The van der Waals surface area contributed by atoms with E-state index in [9.17, 15) is 9.59 Å². The smallest absolute Gasteiger partial charge is 0.337 e. The first-order valence-corrected chi connectivity index (χ1v) is 9.45. The lowest BCUT2D eigenvalue weighted by atomic mass is 10.1. The van der Waals surface area contributed by atoms with E-state index in [1.807, 2.05) is 37.3 Å². The van der Waals surface area contributed by atoms with Gasteiger partial charge in [0, 0.05) is 16.8 Å². The lowest BCUT2D eigenvalue weighted by molar-refractivity contribution is -0.138. The van der Waals surface area contributed by atoms with Crippen molar-refractivity contribution in [1.29, 1.82) is 0 Å². The number of hydrogen-bond acceptors (Lipinski definition) is 5. The zero-order valence-electron chi connectivity index (χ0n) is 15.0. The minimum atomic E-state index is -0.411. The molecule has 0 saturated heterocycles. The van der Waals surface area contributed by atoms with Crippen molar-refractivity contribution in [1.82, 2.24) is 15.6 Å². The Kier molecular flexibility index (Phi) is 5.46. The molecule has 1 aromatic heterocycles. The Morgan fingerprint density at radius 2 is 2.12 bits per heavy atom. The number of aromatic nitrogens is 1. The topological polar surface area (TPSA) is 80.3 Å². The van der Waals surface area contributed by atoms with E-state index < -0.39 is 12.0 Å². The Hall–Kier alpha value is -2.54. The fourth-order valence-electron chi connectivity index (χ4n) is 2.93. The number of carbonyl (C=O) groups excluding carboxylic acids is 2. The Labute approximate surface area is 156 Å². The predicted octanol–water partition coefficient (Wildman–Crippen LogP) is 3.15. The molecule has 6 nitrogen and oxygen atoms in total. The first-order valence-electron chi connectivity index (χ1n) is 8.46. The van der Waals surface area contributed by atoms with Crippen LogP contribution in [-0.4, -0.2) is 35.4 Å². The molecule has 0 radical (unpaired) electrons. The Morgan fingerprint density at radius 3 is 2.88 bits per heavy atom. The van der Waals surface area contributed by atoms with Crippen molar-refractivity contribution in [2.45, 2.75) is 31.8 Å². The van der Waals surface area contributed by atoms with Crippen molar-refractivity contribution in [3.05, 3.63) is 47.2 Å². The van der Waals surface area contributed by atoms with Crippen molar-refractivity contribution in [2.24, 2.45) is 0 Å². The molecule has 1 unspecified atom stereocenters. The first kappa shape index (κ1) is 18.3. The zero-order chi connectivity index (χ0) is 18.7. The highest BCUT2D eigenvalue weighted by molar-refractivity contribution is 7.99. The van der Waals surface area contributed by atoms with Crippen LogP contribution in [0.15, 0.2) is 46.6 Å². The lowest BCUT2D eigenvalue weighted by Gasteiger charge is -2.26. The molecule has 1 aromatic carbocycles. The van der Waals surface area contributed by atoms with Gasteiger partial charge >= 0.3 is 12.0 Å². The van der Waals surface area contributed by atoms with Crippen LogP contribution >= 0.6 is 11.8 Å². The molecule has 0 aliphatic carbocycles. The Balaban J connectivity index is 1.87. The maximum atomic E-state index is 12.3. The van der Waals surface area contributed by atoms with Crippen molar-refractivity contribution in [3.63, 3.8) is 0 Å². The number of carbonyl (C=O) groups is 2. The van der Waals surface area contributed by atoms with Crippen LogP contribution in [0, 0.1) is 6.92 Å². The summed E-state index contributed by atoms with van der Waals surface area (Å²) in [5.41, 5.74) is 3.09. The Bertz CT molecular complexity index is 895. The molecule has 2 N–H and O–H groups in total. The number of nitrogens with one attached hydrogen (secondary N) is 2. The van der Waals surface area contributed by atoms with E-state index in [4.69, 9.17) is 4.74 Å². The number of pyridine rings is 1. The summed E-state index contributed by atoms with van der Waals surface area (Å²) in [6.07, 6.45) is 0. The molecule has 3 rings (SSSR count). The van der Waals surface area contributed by atoms with Gasteiger partial charge in [-0.05, 0) is 38.5 Å². The van der Waals surface area contributed by atoms with Gasteiger partial charge in [-0.25, -0.2) is 14.6 Å². The van der Waals surface area contributed by atoms with Gasteiger partial charge in [0.2, 0.25) is 0 Å². The van der Waals surface area contributed by atoms with Gasteiger partial charge in [0.1, 0.15) is 0 Å². The third-order valence-corrected chi connectivity index (χ3v) is 5.07. The van der Waals surface area contributed by atoms with Crippen molar-refractivity contribution in [3.8, 4) is 0 Å². The van der Waals surface area contributed by atoms with E-state index in [0.29, 0.717) is 17.0 Å². The molecule has 1 aliphatic heterocycles. The fraction of sp³-hybridized carbons (Fsp3) is 0.316. The minimum Gasteiger partial charge on any atom is -0.463 e. The number of rotatable bonds is 5. The summed E-state index contributed by atoms with van der Waals surface area (Å²) in [7, 11) is 0. The standard InChI is InChI=1S/C19H21N3O3S/c1-4-25-18(23)17-12(3)20-19(24)22-15(17)10-26-16-9-11(2)13-7-5-6-8-14(13)21-16/h5-9,12H,4,10H2,1-3H3,(H2,20,22,24). The monoisotopic (exact) mass is 371 g/mol. The lowest BCUT2D eigenvalue weighted by Crippen LogP contribution is -2.49. The maximum absolute atomic E-state index is 12.3. The van der Waals surface area contributed by atoms with Gasteiger partial charge in [-0.2, -0.15) is 0 Å². The molecule has 1 atom stereocenters. The van der Waals surface area contributed by atoms with Crippen molar-refractivity contribution >= 4 is 34.7 Å². The van der Waals surface area contributed by atoms with Gasteiger partial charge < -0.3 is 15.4 Å². The second kappa shape index (κ2) is 7.78. The van der Waals surface area contributed by atoms with E-state index in [-0.39, 0.29) is 12.6 Å². The third kappa shape index (κ3) is 3.83. The molecule has 0 fully saturated rings. The number of benzene rings is 1. The summed E-state index contributed by atoms with van der Waals surface area (Å²) in [4.78, 5) is 28.7. The number of nitrogens with zero attached hydrogens (tertiary/aromatic N) is 1. The summed E-state index contributed by atoms with van der Waals surface area (Å²) < 4.78 is 5.13. The number of ether oxygens (including phenoxy) is 1. The molecule has 136 valence electrons. The van der Waals surface area contributed by atoms with Crippen molar-refractivity contribution < 1.29 is 14.3 Å². The van der Waals surface area contributed by atoms with E-state index in [0.717, 1.165) is 21.5 Å². The molecular formula is C19H21N3O3S. The average Bonchev–Trinajstić information content (AvgIpc) is 2.59. The normalized spacial score (nSPS) is 17.0. The van der Waals surface area contributed by atoms with E-state index >= 15 is 0 Å². The number of fused-ring (bicyclic) bond motifs is 1. The van der Waals surface area contributed by atoms with Gasteiger partial charge in [-0.15, -0.1) is 11.8 Å². The number of para-hydroxylation sites is 1. The fourth-order valence-corrected chi connectivity index (χ4v) is 3.87. The molecule has 26 heavy (non-hydrogen) atoms. The van der Waals surface area contributed by atoms with Gasteiger partial charge in [-0.3, -0.25) is 0 Å². The van der Waals surface area contributed by atoms with Gasteiger partial charge in [0.25, 0.3) is 0 Å². The quantitative estimate of drug-likeness (QED) is 0.623. The summed E-state index contributed by atoms with van der Waals surface area (Å²) in [6, 6.07) is 9.27. The number of amides is 2. The highest BCUT2D eigenvalue weighted by atomic mass is 32.2. The minimum absolute atomic E-state index is 0.287. The zero-order valence-corrected chi connectivity index (χ0v) is 15.8. The molecule has 0 spiro atoms. The van der Waals surface area contributed by atoms with Crippen molar-refractivity contribution in [2.75, 3.05) is 12.4 Å². The molecular weight excluding hydrogens is 350 g/mol. The molecule has 2 amide bonds. The van der Waals surface area contributed by atoms with Crippen LogP contribution in [0.4, 0.5) is 4.79 Å². The number of aryl methyl sites for hydroxylation is 1. The summed E-state index contributed by atoms with van der Waals surface area (Å²) in [5, 5.41) is 7.40. The van der Waals surface area contributed by atoms with Gasteiger partial charge in [-0.1, -0.05) is 18.2 Å².